The van der Waals surface area contributed by atoms with Crippen LogP contribution in [-0.4, -0.2) is 65.3 Å². The number of benzene rings is 2. The third kappa shape index (κ3) is 8.19. The predicted molar refractivity (Wildman–Crippen MR) is 170 cm³/mol. The molecule has 236 valence electrons. The number of allylic oxidation sites excluding steroid dienone is 1. The average molecular weight is 621 g/mol. The molecular formula is C32H43F3N4O3S. The minimum Gasteiger partial charge on any atom is -0.497 e. The van der Waals surface area contributed by atoms with Crippen LogP contribution in [0.4, 0.5) is 24.5 Å². The highest BCUT2D eigenvalue weighted by Crippen LogP contribution is 2.47. The molecule has 0 aromatic heterocycles. The third-order valence-electron chi connectivity index (χ3n) is 8.16. The number of methoxy groups -OCH3 is 2. The van der Waals surface area contributed by atoms with Crippen LogP contribution in [-0.2, 0) is 11.0 Å². The van der Waals surface area contributed by atoms with E-state index in [4.69, 9.17) is 19.7 Å². The van der Waals surface area contributed by atoms with Gasteiger partial charge >= 0.3 is 6.18 Å². The molecule has 3 aliphatic rings. The summed E-state index contributed by atoms with van der Waals surface area (Å²) in [6.07, 6.45) is 2.50. The van der Waals surface area contributed by atoms with E-state index in [1.807, 2.05) is 17.0 Å². The Kier molecular flexibility index (Phi) is 12.2. The topological polar surface area (TPSA) is 77.7 Å². The summed E-state index contributed by atoms with van der Waals surface area (Å²) in [5.41, 5.74) is 3.62. The van der Waals surface area contributed by atoms with Crippen LogP contribution in [0.1, 0.15) is 50.2 Å². The van der Waals surface area contributed by atoms with Crippen LogP contribution in [0.2, 0.25) is 0 Å². The Labute approximate surface area is 258 Å². The van der Waals surface area contributed by atoms with Gasteiger partial charge < -0.3 is 24.6 Å². The Morgan fingerprint density at radius 1 is 1.09 bits per heavy atom. The lowest BCUT2D eigenvalue weighted by atomic mass is 9.97. The molecule has 2 aromatic carbocycles. The molecule has 0 radical (unpaired) electrons. The fourth-order valence-corrected chi connectivity index (χ4v) is 5.84. The van der Waals surface area contributed by atoms with E-state index in [0.29, 0.717) is 41.6 Å². The second-order valence-electron chi connectivity index (χ2n) is 10.6. The van der Waals surface area contributed by atoms with Gasteiger partial charge in [0.1, 0.15) is 11.5 Å². The number of halogens is 3. The molecule has 2 heterocycles. The van der Waals surface area contributed by atoms with Gasteiger partial charge in [-0.3, -0.25) is 10.2 Å². The van der Waals surface area contributed by atoms with Crippen LogP contribution >= 0.6 is 12.6 Å². The Morgan fingerprint density at radius 3 is 2.28 bits per heavy atom. The zero-order valence-electron chi connectivity index (χ0n) is 25.6. The van der Waals surface area contributed by atoms with Crippen molar-refractivity contribution in [2.24, 2.45) is 5.92 Å². The van der Waals surface area contributed by atoms with E-state index in [0.717, 1.165) is 62.0 Å². The number of thiol groups is 1. The summed E-state index contributed by atoms with van der Waals surface area (Å²) in [5, 5.41) is 11.2. The number of nitrogens with zero attached hydrogens (tertiary/aromatic N) is 2. The molecule has 43 heavy (non-hydrogen) atoms. The van der Waals surface area contributed by atoms with E-state index in [9.17, 15) is 13.2 Å². The fraction of sp³-hybridized carbons (Fsp3) is 0.500. The molecule has 2 atom stereocenters. The number of nitrogens with one attached hydrogen (secondary N) is 2. The smallest absolute Gasteiger partial charge is 0.418 e. The van der Waals surface area contributed by atoms with Gasteiger partial charge in [0, 0.05) is 44.0 Å². The molecule has 2 aliphatic heterocycles. The Hall–Kier alpha value is -3.34. The number of alkyl halides is 3. The minimum atomic E-state index is -4.42. The van der Waals surface area contributed by atoms with Gasteiger partial charge in [-0.05, 0) is 79.3 Å². The summed E-state index contributed by atoms with van der Waals surface area (Å²) in [6, 6.07) is 9.87. The first-order valence-corrected chi connectivity index (χ1v) is 15.4. The van der Waals surface area contributed by atoms with Crippen molar-refractivity contribution in [3.05, 3.63) is 58.7 Å². The van der Waals surface area contributed by atoms with Crippen molar-refractivity contribution >= 4 is 36.1 Å². The Balaban J connectivity index is 0.000000780. The van der Waals surface area contributed by atoms with E-state index < -0.39 is 11.7 Å². The molecular weight excluding hydrogens is 577 g/mol. The maximum absolute atomic E-state index is 14.0. The lowest BCUT2D eigenvalue weighted by Crippen LogP contribution is -2.20. The first-order chi connectivity index (χ1) is 20.6. The highest BCUT2D eigenvalue weighted by molar-refractivity contribution is 7.79. The first-order valence-electron chi connectivity index (χ1n) is 14.5. The zero-order chi connectivity index (χ0) is 31.7. The van der Waals surface area contributed by atoms with Gasteiger partial charge in [-0.15, -0.1) is 0 Å². The maximum Gasteiger partial charge on any atom is 0.418 e. The van der Waals surface area contributed by atoms with Crippen molar-refractivity contribution in [1.29, 1.82) is 5.41 Å². The van der Waals surface area contributed by atoms with Crippen LogP contribution in [0.15, 0.2) is 47.5 Å². The number of ether oxygens (including phenoxy) is 2. The van der Waals surface area contributed by atoms with Gasteiger partial charge in [-0.2, -0.15) is 25.8 Å². The summed E-state index contributed by atoms with van der Waals surface area (Å²) < 4.78 is 52.8. The van der Waals surface area contributed by atoms with Gasteiger partial charge in [0.25, 0.3) is 0 Å². The predicted octanol–water partition coefficient (Wildman–Crippen LogP) is 6.60. The van der Waals surface area contributed by atoms with Crippen molar-refractivity contribution < 1.29 is 27.4 Å². The van der Waals surface area contributed by atoms with E-state index in [2.05, 4.69) is 29.8 Å². The second kappa shape index (κ2) is 15.4. The van der Waals surface area contributed by atoms with Crippen LogP contribution < -0.4 is 24.6 Å². The number of anilines is 2. The summed E-state index contributed by atoms with van der Waals surface area (Å²) in [4.78, 5) is 13.1. The molecule has 5 rings (SSSR count). The summed E-state index contributed by atoms with van der Waals surface area (Å²) >= 11 is 3.53. The Morgan fingerprint density at radius 2 is 1.74 bits per heavy atom. The van der Waals surface area contributed by atoms with Crippen molar-refractivity contribution in [3.63, 3.8) is 0 Å². The number of carbonyl (C=O) groups excluding carboxylic acids is 1. The molecule has 1 amide bonds. The number of hydrogen-bond donors (Lipinski definition) is 3. The van der Waals surface area contributed by atoms with E-state index in [-0.39, 0.29) is 11.7 Å². The summed E-state index contributed by atoms with van der Waals surface area (Å²) in [7, 11) is 4.70. The van der Waals surface area contributed by atoms with Gasteiger partial charge in [0.05, 0.1) is 37.2 Å². The Bertz CT molecular complexity index is 1280. The first kappa shape index (κ1) is 34.2. The van der Waals surface area contributed by atoms with Crippen molar-refractivity contribution in [3.8, 4) is 11.5 Å². The standard InChI is InChI=1S/C29H34F3N3O2.C2H5NO.CH4S/c1-4-18-10-11-34(16-18)20-8-9-25(29(30,31)32)26(14-20)35-17-27(35)23-6-5-7-24(23)28(33)19-12-21(36-2)15-22(13-19)37-3;1-3-2-4;1-2/h8-9,12-15,18,27,33H,4-7,10-11,16-17H2,1-3H3;2H,1H3,(H,3,4);2H,1H3. The maximum atomic E-state index is 14.0. The van der Waals surface area contributed by atoms with E-state index in [1.54, 1.807) is 45.7 Å². The number of carbonyl (C=O) groups is 1. The molecule has 7 nitrogen and oxygen atoms in total. The third-order valence-corrected chi connectivity index (χ3v) is 8.16. The molecule has 2 N–H and O–H groups in total. The molecule has 1 aliphatic carbocycles. The monoisotopic (exact) mass is 620 g/mol. The summed E-state index contributed by atoms with van der Waals surface area (Å²) in [6.45, 7) is 4.47. The molecule has 2 unspecified atom stereocenters. The molecule has 2 fully saturated rings. The van der Waals surface area contributed by atoms with Crippen molar-refractivity contribution in [2.45, 2.75) is 51.2 Å². The van der Waals surface area contributed by atoms with Gasteiger partial charge in [0.15, 0.2) is 0 Å². The van der Waals surface area contributed by atoms with Crippen LogP contribution in [0.25, 0.3) is 0 Å². The van der Waals surface area contributed by atoms with Gasteiger partial charge in [-0.25, -0.2) is 0 Å². The van der Waals surface area contributed by atoms with Crippen LogP contribution in [0.5, 0.6) is 11.5 Å². The SMILES string of the molecule is CCC1CCN(c2ccc(C(F)(F)F)c(N3CC3C3=C(C(=N)c4cc(OC)cc(OC)c4)CCC3)c2)C1.CNC=O.CS. The number of hydrogen-bond acceptors (Lipinski definition) is 7. The fourth-order valence-electron chi connectivity index (χ4n) is 5.84. The lowest BCUT2D eigenvalue weighted by molar-refractivity contribution is -0.137. The highest BCUT2D eigenvalue weighted by Gasteiger charge is 2.45. The largest absolute Gasteiger partial charge is 0.497 e. The quantitative estimate of drug-likeness (QED) is 0.127. The molecule has 2 aromatic rings. The highest BCUT2D eigenvalue weighted by atomic mass is 32.1. The number of amides is 1. The van der Waals surface area contributed by atoms with E-state index in [1.165, 1.54) is 6.07 Å². The second-order valence-corrected chi connectivity index (χ2v) is 10.6. The van der Waals surface area contributed by atoms with Crippen LogP contribution in [0.3, 0.4) is 0 Å². The minimum absolute atomic E-state index is 0.108. The van der Waals surface area contributed by atoms with Gasteiger partial charge in [0.2, 0.25) is 6.41 Å². The van der Waals surface area contributed by atoms with E-state index >= 15 is 0 Å². The molecule has 0 bridgehead atoms. The molecule has 0 saturated carbocycles. The average Bonchev–Trinajstić information content (AvgIpc) is 3.41. The number of rotatable bonds is 9. The van der Waals surface area contributed by atoms with Gasteiger partial charge in [-0.1, -0.05) is 13.3 Å². The lowest BCUT2D eigenvalue weighted by Gasteiger charge is -2.23. The molecule has 2 saturated heterocycles. The van der Waals surface area contributed by atoms with Crippen LogP contribution in [0, 0.1) is 11.3 Å². The molecule has 11 heteroatoms. The zero-order valence-corrected chi connectivity index (χ0v) is 26.4. The normalized spacial score (nSPS) is 19.2. The molecule has 0 spiro atoms. The van der Waals surface area contributed by atoms with Crippen molar-refractivity contribution in [2.75, 3.05) is 57.0 Å². The summed E-state index contributed by atoms with van der Waals surface area (Å²) in [5.74, 6) is 1.80. The van der Waals surface area contributed by atoms with Crippen molar-refractivity contribution in [1.82, 2.24) is 5.32 Å².